The highest BCUT2D eigenvalue weighted by molar-refractivity contribution is 6.20. The van der Waals surface area contributed by atoms with Crippen LogP contribution in [0, 0.1) is 10.8 Å². The maximum Gasteiger partial charge on any atom is 0.332 e. The molecule has 1 N–H and O–H groups in total. The Labute approximate surface area is 88.0 Å². The number of carbonyl (C=O) groups is 3. The van der Waals surface area contributed by atoms with Gasteiger partial charge in [0.25, 0.3) is 0 Å². The quantitative estimate of drug-likeness (QED) is 0.522. The van der Waals surface area contributed by atoms with Gasteiger partial charge in [-0.3, -0.25) is 9.59 Å². The molecule has 0 amide bonds. The second kappa shape index (κ2) is 3.02. The second-order valence-corrected chi connectivity index (χ2v) is 4.81. The van der Waals surface area contributed by atoms with E-state index < -0.39 is 22.6 Å². The molecule has 1 aliphatic carbocycles. The normalized spacial score (nSPS) is 23.6. The molecule has 0 aromatic carbocycles. The molecule has 0 heterocycles. The third kappa shape index (κ3) is 1.50. The number of carboxylic acid groups (broad SMARTS) is 1. The molecule has 0 fully saturated rings. The Hall–Kier alpha value is -1.45. The van der Waals surface area contributed by atoms with E-state index in [2.05, 4.69) is 0 Å². The van der Waals surface area contributed by atoms with Crippen LogP contribution in [0.5, 0.6) is 0 Å². The van der Waals surface area contributed by atoms with E-state index in [1.165, 1.54) is 27.7 Å². The molecule has 0 spiro atoms. The van der Waals surface area contributed by atoms with Gasteiger partial charge in [-0.05, 0) is 33.8 Å². The zero-order valence-electron chi connectivity index (χ0n) is 9.25. The topological polar surface area (TPSA) is 71.4 Å². The summed E-state index contributed by atoms with van der Waals surface area (Å²) in [6.45, 7) is 6.11. The molecular weight excluding hydrogens is 197 g/mol. The zero-order valence-corrected chi connectivity index (χ0v) is 9.25. The lowest BCUT2D eigenvalue weighted by Crippen LogP contribution is -2.47. The van der Waals surface area contributed by atoms with Gasteiger partial charge in [0.2, 0.25) is 0 Å². The minimum atomic E-state index is -1.21. The second-order valence-electron chi connectivity index (χ2n) is 4.81. The zero-order chi connectivity index (χ0) is 12.0. The number of aliphatic carboxylic acids is 1. The van der Waals surface area contributed by atoms with Crippen molar-refractivity contribution in [1.82, 2.24) is 0 Å². The van der Waals surface area contributed by atoms with E-state index in [0.717, 1.165) is 6.08 Å². The lowest BCUT2D eigenvalue weighted by atomic mass is 9.65. The average molecular weight is 211 g/mol. The SMILES string of the molecule is CC1(C)C(=O)C=C([13C](=O)O)C(C)(C)C1=O. The predicted molar refractivity (Wildman–Crippen MR) is 53.3 cm³/mol. The first kappa shape index (κ1) is 11.6. The molecule has 4 nitrogen and oxygen atoms in total. The van der Waals surface area contributed by atoms with Crippen molar-refractivity contribution in [3.63, 3.8) is 0 Å². The van der Waals surface area contributed by atoms with Gasteiger partial charge in [-0.1, -0.05) is 0 Å². The Balaban J connectivity index is 3.42. The molecule has 0 saturated carbocycles. The molecule has 0 bridgehead atoms. The first-order chi connectivity index (χ1) is 6.61. The molecule has 0 saturated heterocycles. The molecule has 0 radical (unpaired) electrons. The highest BCUT2D eigenvalue weighted by Crippen LogP contribution is 2.40. The number of carbonyl (C=O) groups excluding carboxylic acids is 2. The highest BCUT2D eigenvalue weighted by atomic mass is 16.5. The third-order valence-corrected chi connectivity index (χ3v) is 2.93. The van der Waals surface area contributed by atoms with Crippen LogP contribution in [0.4, 0.5) is 0 Å². The summed E-state index contributed by atoms with van der Waals surface area (Å²) < 4.78 is 0. The van der Waals surface area contributed by atoms with Crippen molar-refractivity contribution in [2.75, 3.05) is 0 Å². The summed E-state index contributed by atoms with van der Waals surface area (Å²) in [5.41, 5.74) is -2.36. The van der Waals surface area contributed by atoms with E-state index in [9.17, 15) is 14.4 Å². The van der Waals surface area contributed by atoms with Crippen LogP contribution >= 0.6 is 0 Å². The first-order valence-corrected chi connectivity index (χ1v) is 4.66. The summed E-state index contributed by atoms with van der Waals surface area (Å²) in [4.78, 5) is 34.4. The van der Waals surface area contributed by atoms with Crippen LogP contribution < -0.4 is 0 Å². The highest BCUT2D eigenvalue weighted by Gasteiger charge is 2.50. The number of carboxylic acids is 1. The molecule has 15 heavy (non-hydrogen) atoms. The number of hydrogen-bond donors (Lipinski definition) is 1. The molecule has 1 aliphatic rings. The van der Waals surface area contributed by atoms with Crippen LogP contribution in [-0.4, -0.2) is 22.6 Å². The van der Waals surface area contributed by atoms with Crippen LogP contribution in [0.15, 0.2) is 11.6 Å². The molecule has 0 aromatic heterocycles. The Kier molecular flexibility index (Phi) is 2.34. The van der Waals surface area contributed by atoms with E-state index in [-0.39, 0.29) is 11.4 Å². The Morgan fingerprint density at radius 3 is 2.00 bits per heavy atom. The molecule has 0 aliphatic heterocycles. The van der Waals surface area contributed by atoms with Gasteiger partial charge in [0.15, 0.2) is 11.6 Å². The van der Waals surface area contributed by atoms with Gasteiger partial charge in [-0.15, -0.1) is 0 Å². The van der Waals surface area contributed by atoms with Crippen molar-refractivity contribution in [1.29, 1.82) is 0 Å². The van der Waals surface area contributed by atoms with Gasteiger partial charge in [0, 0.05) is 0 Å². The molecule has 82 valence electrons. The van der Waals surface area contributed by atoms with Crippen molar-refractivity contribution in [2.45, 2.75) is 27.7 Å². The fraction of sp³-hybridized carbons (Fsp3) is 0.545. The maximum atomic E-state index is 12.0. The summed E-state index contributed by atoms with van der Waals surface area (Å²) in [5.74, 6) is -2.00. The van der Waals surface area contributed by atoms with Crippen molar-refractivity contribution >= 4 is 17.5 Å². The Bertz CT molecular complexity index is 385. The van der Waals surface area contributed by atoms with Crippen molar-refractivity contribution < 1.29 is 19.5 Å². The maximum absolute atomic E-state index is 12.0. The molecule has 0 unspecified atom stereocenters. The van der Waals surface area contributed by atoms with Gasteiger partial charge in [-0.2, -0.15) is 0 Å². The lowest BCUT2D eigenvalue weighted by Gasteiger charge is -2.36. The van der Waals surface area contributed by atoms with Crippen molar-refractivity contribution in [3.8, 4) is 0 Å². The number of rotatable bonds is 1. The Morgan fingerprint density at radius 1 is 1.13 bits per heavy atom. The fourth-order valence-corrected chi connectivity index (χ4v) is 1.84. The minimum absolute atomic E-state index is 0.128. The van der Waals surface area contributed by atoms with Crippen LogP contribution in [-0.2, 0) is 14.4 Å². The largest absolute Gasteiger partial charge is 0.478 e. The molecule has 4 heteroatoms. The lowest BCUT2D eigenvalue weighted by molar-refractivity contribution is -0.146. The van der Waals surface area contributed by atoms with Crippen LogP contribution in [0.2, 0.25) is 0 Å². The summed E-state index contributed by atoms with van der Waals surface area (Å²) >= 11 is 0. The predicted octanol–water partition coefficient (Wildman–Crippen LogP) is 1.20. The van der Waals surface area contributed by atoms with E-state index in [0.29, 0.717) is 0 Å². The van der Waals surface area contributed by atoms with E-state index in [4.69, 9.17) is 5.11 Å². The Morgan fingerprint density at radius 2 is 1.60 bits per heavy atom. The van der Waals surface area contributed by atoms with Gasteiger partial charge in [-0.25, -0.2) is 4.79 Å². The van der Waals surface area contributed by atoms with Crippen LogP contribution in [0.25, 0.3) is 0 Å². The number of hydrogen-bond acceptors (Lipinski definition) is 3. The first-order valence-electron chi connectivity index (χ1n) is 4.66. The van der Waals surface area contributed by atoms with E-state index >= 15 is 0 Å². The fourth-order valence-electron chi connectivity index (χ4n) is 1.84. The van der Waals surface area contributed by atoms with Crippen LogP contribution in [0.3, 0.4) is 0 Å². The third-order valence-electron chi connectivity index (χ3n) is 2.93. The van der Waals surface area contributed by atoms with Crippen LogP contribution in [0.1, 0.15) is 27.7 Å². The summed E-state index contributed by atoms with van der Waals surface area (Å²) in [6, 6.07) is 0. The molecule has 0 atom stereocenters. The minimum Gasteiger partial charge on any atom is -0.478 e. The van der Waals surface area contributed by atoms with E-state index in [1.54, 1.807) is 0 Å². The average Bonchev–Trinajstić information content (AvgIpc) is 2.09. The number of ketones is 2. The van der Waals surface area contributed by atoms with Gasteiger partial charge in [0.1, 0.15) is 0 Å². The standard InChI is InChI=1S/C11H14O4/c1-10(2)6(8(13)14)5-7(12)11(3,4)9(10)15/h5H,1-4H3,(H,13,14)/i8+1. The molecular formula is C11H14O4. The molecule has 1 rings (SSSR count). The van der Waals surface area contributed by atoms with Crippen molar-refractivity contribution in [2.24, 2.45) is 10.8 Å². The summed E-state index contributed by atoms with van der Waals surface area (Å²) in [7, 11) is 0. The summed E-state index contributed by atoms with van der Waals surface area (Å²) in [5, 5.41) is 8.91. The summed E-state index contributed by atoms with van der Waals surface area (Å²) in [6.07, 6.45) is 1.07. The molecule has 0 aromatic rings. The monoisotopic (exact) mass is 211 g/mol. The van der Waals surface area contributed by atoms with Gasteiger partial charge in [0.05, 0.1) is 16.4 Å². The van der Waals surface area contributed by atoms with Gasteiger partial charge >= 0.3 is 5.97 Å². The van der Waals surface area contributed by atoms with Crippen molar-refractivity contribution in [3.05, 3.63) is 11.6 Å². The number of allylic oxidation sites excluding steroid dienone is 1. The smallest absolute Gasteiger partial charge is 0.332 e. The van der Waals surface area contributed by atoms with Gasteiger partial charge < -0.3 is 5.11 Å². The number of Topliss-reactive ketones (excluding diaryl/α,β-unsaturated/α-hetero) is 1. The van der Waals surface area contributed by atoms with E-state index in [1.807, 2.05) is 0 Å².